The molecule has 0 saturated heterocycles. The number of amides is 1. The van der Waals surface area contributed by atoms with Crippen molar-refractivity contribution in [2.75, 3.05) is 43.4 Å². The maximum Gasteiger partial charge on any atom is 0.242 e. The lowest BCUT2D eigenvalue weighted by Gasteiger charge is -2.24. The van der Waals surface area contributed by atoms with Gasteiger partial charge in [-0.1, -0.05) is 0 Å². The van der Waals surface area contributed by atoms with E-state index in [1.54, 1.807) is 11.9 Å². The van der Waals surface area contributed by atoms with Gasteiger partial charge < -0.3 is 15.1 Å². The Morgan fingerprint density at radius 3 is 2.55 bits per heavy atom. The molecule has 0 unspecified atom stereocenters. The zero-order valence-corrected chi connectivity index (χ0v) is 12.5. The molecule has 1 amide bonds. The molecule has 20 heavy (non-hydrogen) atoms. The van der Waals surface area contributed by atoms with Gasteiger partial charge in [0, 0.05) is 26.7 Å². The van der Waals surface area contributed by atoms with E-state index in [0.717, 1.165) is 6.20 Å². The predicted octanol–water partition coefficient (Wildman–Crippen LogP) is 1.35. The molecule has 0 bridgehead atoms. The molecule has 0 fully saturated rings. The largest absolute Gasteiger partial charge is 0.354 e. The van der Waals surface area contributed by atoms with Gasteiger partial charge in [0.25, 0.3) is 0 Å². The summed E-state index contributed by atoms with van der Waals surface area (Å²) in [5.41, 5.74) is 0. The number of nitrogens with zero attached hydrogens (tertiary/aromatic N) is 4. The molecule has 0 aromatic carbocycles. The van der Waals surface area contributed by atoms with E-state index in [1.807, 2.05) is 20.8 Å². The van der Waals surface area contributed by atoms with Gasteiger partial charge in [0.15, 0.2) is 11.6 Å². The number of nitrogens with one attached hydrogen (secondary N) is 1. The van der Waals surface area contributed by atoms with Gasteiger partial charge in [-0.2, -0.15) is 4.98 Å². The van der Waals surface area contributed by atoms with Crippen LogP contribution in [0, 0.1) is 5.82 Å². The summed E-state index contributed by atoms with van der Waals surface area (Å²) in [7, 11) is 1.64. The Balaban J connectivity index is 2.83. The number of hydrogen-bond donors (Lipinski definition) is 1. The van der Waals surface area contributed by atoms with Crippen molar-refractivity contribution >= 4 is 17.7 Å². The minimum absolute atomic E-state index is 0.0551. The first kappa shape index (κ1) is 16.1. The summed E-state index contributed by atoms with van der Waals surface area (Å²) in [6, 6.07) is 0. The molecule has 1 rings (SSSR count). The molecule has 0 aliphatic rings. The van der Waals surface area contributed by atoms with Gasteiger partial charge in [0.2, 0.25) is 11.9 Å². The standard InChI is InChI=1S/C13H22FN5O/c1-5-15-13-16-8-10(14)12(17-13)18(4)9-11(20)19(6-2)7-3/h8H,5-7,9H2,1-4H3,(H,15,16,17). The van der Waals surface area contributed by atoms with Crippen LogP contribution in [0.1, 0.15) is 20.8 Å². The molecular weight excluding hydrogens is 261 g/mol. The highest BCUT2D eigenvalue weighted by molar-refractivity contribution is 5.81. The second-order valence-electron chi connectivity index (χ2n) is 4.32. The third-order valence-corrected chi connectivity index (χ3v) is 2.91. The Morgan fingerprint density at radius 2 is 2.00 bits per heavy atom. The van der Waals surface area contributed by atoms with Crippen LogP contribution >= 0.6 is 0 Å². The Kier molecular flexibility index (Phi) is 6.14. The molecule has 1 aromatic rings. The van der Waals surface area contributed by atoms with E-state index >= 15 is 0 Å². The Bertz CT molecular complexity index is 450. The highest BCUT2D eigenvalue weighted by atomic mass is 19.1. The molecule has 0 aliphatic heterocycles. The number of aromatic nitrogens is 2. The molecule has 0 saturated carbocycles. The topological polar surface area (TPSA) is 61.4 Å². The van der Waals surface area contributed by atoms with E-state index in [1.165, 1.54) is 4.90 Å². The minimum Gasteiger partial charge on any atom is -0.354 e. The van der Waals surface area contributed by atoms with E-state index < -0.39 is 5.82 Å². The van der Waals surface area contributed by atoms with Gasteiger partial charge in [-0.25, -0.2) is 9.37 Å². The van der Waals surface area contributed by atoms with Gasteiger partial charge in [-0.3, -0.25) is 4.79 Å². The van der Waals surface area contributed by atoms with Crippen LogP contribution in [0.2, 0.25) is 0 Å². The van der Waals surface area contributed by atoms with Crippen molar-refractivity contribution in [2.24, 2.45) is 0 Å². The van der Waals surface area contributed by atoms with Crippen molar-refractivity contribution < 1.29 is 9.18 Å². The summed E-state index contributed by atoms with van der Waals surface area (Å²) in [5.74, 6) is -0.121. The van der Waals surface area contributed by atoms with E-state index in [0.29, 0.717) is 25.6 Å². The highest BCUT2D eigenvalue weighted by Crippen LogP contribution is 2.15. The fraction of sp³-hybridized carbons (Fsp3) is 0.615. The lowest BCUT2D eigenvalue weighted by molar-refractivity contribution is -0.129. The first-order chi connectivity index (χ1) is 9.53. The van der Waals surface area contributed by atoms with Crippen molar-refractivity contribution in [3.05, 3.63) is 12.0 Å². The number of carbonyl (C=O) groups excluding carboxylic acids is 1. The fourth-order valence-corrected chi connectivity index (χ4v) is 1.82. The first-order valence-corrected chi connectivity index (χ1v) is 6.78. The number of hydrogen-bond acceptors (Lipinski definition) is 5. The zero-order chi connectivity index (χ0) is 15.1. The normalized spacial score (nSPS) is 10.2. The zero-order valence-electron chi connectivity index (χ0n) is 12.5. The van der Waals surface area contributed by atoms with Crippen LogP contribution in [-0.2, 0) is 4.79 Å². The van der Waals surface area contributed by atoms with Gasteiger partial charge in [0.1, 0.15) is 0 Å². The SMILES string of the molecule is CCNc1ncc(F)c(N(C)CC(=O)N(CC)CC)n1. The van der Waals surface area contributed by atoms with Crippen molar-refractivity contribution in [3.63, 3.8) is 0 Å². The van der Waals surface area contributed by atoms with Crippen LogP contribution in [0.15, 0.2) is 6.20 Å². The van der Waals surface area contributed by atoms with Crippen LogP contribution in [0.4, 0.5) is 16.2 Å². The predicted molar refractivity (Wildman–Crippen MR) is 77.4 cm³/mol. The molecule has 6 nitrogen and oxygen atoms in total. The second-order valence-corrected chi connectivity index (χ2v) is 4.32. The fourth-order valence-electron chi connectivity index (χ4n) is 1.82. The molecule has 112 valence electrons. The summed E-state index contributed by atoms with van der Waals surface area (Å²) >= 11 is 0. The minimum atomic E-state index is -0.540. The molecule has 0 radical (unpaired) electrons. The summed E-state index contributed by atoms with van der Waals surface area (Å²) < 4.78 is 13.8. The van der Waals surface area contributed by atoms with Crippen LogP contribution in [0.5, 0.6) is 0 Å². The lowest BCUT2D eigenvalue weighted by Crippen LogP contribution is -2.39. The van der Waals surface area contributed by atoms with Gasteiger partial charge >= 0.3 is 0 Å². The van der Waals surface area contributed by atoms with Gasteiger partial charge in [-0.05, 0) is 20.8 Å². The molecule has 1 heterocycles. The molecular formula is C13H22FN5O. The van der Waals surface area contributed by atoms with E-state index in [2.05, 4.69) is 15.3 Å². The van der Waals surface area contributed by atoms with Crippen LogP contribution in [-0.4, -0.2) is 54.0 Å². The smallest absolute Gasteiger partial charge is 0.242 e. The number of likely N-dealkylation sites (N-methyl/N-ethyl adjacent to an activating group) is 2. The maximum absolute atomic E-state index is 13.8. The van der Waals surface area contributed by atoms with Gasteiger partial charge in [0.05, 0.1) is 12.7 Å². The monoisotopic (exact) mass is 283 g/mol. The molecule has 0 spiro atoms. The van der Waals surface area contributed by atoms with Crippen LogP contribution in [0.3, 0.4) is 0 Å². The van der Waals surface area contributed by atoms with E-state index in [-0.39, 0.29) is 18.3 Å². The van der Waals surface area contributed by atoms with Crippen molar-refractivity contribution in [1.29, 1.82) is 0 Å². The third kappa shape index (κ3) is 4.04. The molecule has 1 N–H and O–H groups in total. The summed E-state index contributed by atoms with van der Waals surface area (Å²) in [5, 5.41) is 2.92. The average molecular weight is 283 g/mol. The number of anilines is 2. The highest BCUT2D eigenvalue weighted by Gasteiger charge is 2.17. The van der Waals surface area contributed by atoms with E-state index in [4.69, 9.17) is 0 Å². The Morgan fingerprint density at radius 1 is 1.35 bits per heavy atom. The van der Waals surface area contributed by atoms with Gasteiger partial charge in [-0.15, -0.1) is 0 Å². The maximum atomic E-state index is 13.8. The number of rotatable bonds is 7. The Labute approximate surface area is 119 Å². The summed E-state index contributed by atoms with van der Waals surface area (Å²) in [6.07, 6.45) is 1.11. The summed E-state index contributed by atoms with van der Waals surface area (Å²) in [4.78, 5) is 23.1. The lowest BCUT2D eigenvalue weighted by atomic mass is 10.4. The Hall–Kier alpha value is -1.92. The number of halogens is 1. The van der Waals surface area contributed by atoms with Crippen molar-refractivity contribution in [2.45, 2.75) is 20.8 Å². The molecule has 0 aliphatic carbocycles. The van der Waals surface area contributed by atoms with Crippen molar-refractivity contribution in [1.82, 2.24) is 14.9 Å². The molecule has 1 aromatic heterocycles. The van der Waals surface area contributed by atoms with Crippen molar-refractivity contribution in [3.8, 4) is 0 Å². The van der Waals surface area contributed by atoms with Crippen LogP contribution in [0.25, 0.3) is 0 Å². The molecule has 0 atom stereocenters. The summed E-state index contributed by atoms with van der Waals surface area (Å²) in [6.45, 7) is 7.73. The third-order valence-electron chi connectivity index (χ3n) is 2.91. The first-order valence-electron chi connectivity index (χ1n) is 6.78. The number of carbonyl (C=O) groups is 1. The molecule has 7 heteroatoms. The van der Waals surface area contributed by atoms with Crippen LogP contribution < -0.4 is 10.2 Å². The quantitative estimate of drug-likeness (QED) is 0.818. The average Bonchev–Trinajstić information content (AvgIpc) is 2.42. The van der Waals surface area contributed by atoms with E-state index in [9.17, 15) is 9.18 Å². The second kappa shape index (κ2) is 7.62.